The van der Waals surface area contributed by atoms with Crippen molar-refractivity contribution in [2.45, 2.75) is 45.1 Å². The topological polar surface area (TPSA) is 36.7 Å². The molecule has 4 rings (SSSR count). The van der Waals surface area contributed by atoms with Gasteiger partial charge in [-0.2, -0.15) is 0 Å². The maximum Gasteiger partial charge on any atom is 0.214 e. The first-order chi connectivity index (χ1) is 10.0. The Morgan fingerprint density at radius 1 is 1.14 bits per heavy atom. The number of hydrogen-bond acceptors (Lipinski definition) is 5. The van der Waals surface area contributed by atoms with E-state index in [1.54, 1.807) is 11.3 Å². The van der Waals surface area contributed by atoms with Crippen molar-refractivity contribution in [1.82, 2.24) is 19.5 Å². The lowest BCUT2D eigenvalue weighted by Gasteiger charge is -2.34. The van der Waals surface area contributed by atoms with Gasteiger partial charge in [0, 0.05) is 37.6 Å². The molecular weight excluding hydrogens is 282 g/mol. The zero-order valence-corrected chi connectivity index (χ0v) is 13.9. The molecule has 0 radical (unpaired) electrons. The molecule has 1 saturated heterocycles. The maximum absolute atomic E-state index is 4.74. The van der Waals surface area contributed by atoms with Gasteiger partial charge in [-0.25, -0.2) is 9.50 Å². The van der Waals surface area contributed by atoms with Crippen LogP contribution in [0.3, 0.4) is 0 Å². The Balaban J connectivity index is 1.50. The molecule has 2 aliphatic rings. The number of anilines is 1. The number of imidazole rings is 1. The van der Waals surface area contributed by atoms with Crippen LogP contribution in [0.1, 0.15) is 39.3 Å². The second kappa shape index (κ2) is 4.68. The highest BCUT2D eigenvalue weighted by Crippen LogP contribution is 2.30. The van der Waals surface area contributed by atoms with Crippen molar-refractivity contribution >= 4 is 21.4 Å². The van der Waals surface area contributed by atoms with Crippen LogP contribution in [0, 0.1) is 0 Å². The van der Waals surface area contributed by atoms with E-state index in [2.05, 4.69) is 36.8 Å². The smallest absolute Gasteiger partial charge is 0.214 e. The van der Waals surface area contributed by atoms with Gasteiger partial charge >= 0.3 is 0 Å². The zero-order valence-electron chi connectivity index (χ0n) is 13.0. The molecule has 1 aliphatic heterocycles. The van der Waals surface area contributed by atoms with E-state index < -0.39 is 0 Å². The lowest BCUT2D eigenvalue weighted by molar-refractivity contribution is 0.248. The van der Waals surface area contributed by atoms with Crippen molar-refractivity contribution in [3.8, 4) is 0 Å². The Morgan fingerprint density at radius 2 is 1.86 bits per heavy atom. The molecule has 114 valence electrons. The van der Waals surface area contributed by atoms with Crippen LogP contribution in [0.5, 0.6) is 0 Å². The Labute approximate surface area is 129 Å². The van der Waals surface area contributed by atoms with Gasteiger partial charge in [0.2, 0.25) is 10.1 Å². The summed E-state index contributed by atoms with van der Waals surface area (Å²) in [4.78, 5) is 10.8. The number of fused-ring (bicyclic) bond motifs is 1. The van der Waals surface area contributed by atoms with Crippen molar-refractivity contribution in [3.63, 3.8) is 0 Å². The van der Waals surface area contributed by atoms with Gasteiger partial charge in [-0.1, -0.05) is 32.1 Å². The number of nitrogens with zero attached hydrogens (tertiary/aromatic N) is 5. The molecule has 0 unspecified atom stereocenters. The molecule has 1 aliphatic carbocycles. The van der Waals surface area contributed by atoms with Gasteiger partial charge < -0.3 is 4.90 Å². The van der Waals surface area contributed by atoms with Gasteiger partial charge in [0.1, 0.15) is 0 Å². The summed E-state index contributed by atoms with van der Waals surface area (Å²) in [5, 5.41) is 5.86. The minimum absolute atomic E-state index is 0.0868. The third-order valence-electron chi connectivity index (χ3n) is 4.45. The molecule has 1 saturated carbocycles. The van der Waals surface area contributed by atoms with Gasteiger partial charge in [-0.3, -0.25) is 4.90 Å². The summed E-state index contributed by atoms with van der Waals surface area (Å²) in [7, 11) is 0. The summed E-state index contributed by atoms with van der Waals surface area (Å²) >= 11 is 1.71. The Bertz CT molecular complexity index is 609. The molecule has 3 heterocycles. The molecule has 0 amide bonds. The summed E-state index contributed by atoms with van der Waals surface area (Å²) < 4.78 is 1.95. The highest BCUT2D eigenvalue weighted by atomic mass is 32.1. The third-order valence-corrected chi connectivity index (χ3v) is 5.43. The van der Waals surface area contributed by atoms with Crippen molar-refractivity contribution in [2.75, 3.05) is 31.1 Å². The minimum atomic E-state index is 0.0868. The van der Waals surface area contributed by atoms with E-state index in [0.717, 1.165) is 34.9 Å². The molecule has 0 N–H and O–H groups in total. The standard InChI is InChI=1S/C15H23N5S/c1-15(2,3)12-10-20-13(16-12)21-14(17-20)19-8-6-18(7-9-19)11-4-5-11/h10-11H,4-9H2,1-3H3. The van der Waals surface area contributed by atoms with Crippen LogP contribution >= 0.6 is 11.3 Å². The van der Waals surface area contributed by atoms with Crippen molar-refractivity contribution in [1.29, 1.82) is 0 Å². The number of aromatic nitrogens is 3. The van der Waals surface area contributed by atoms with Crippen molar-refractivity contribution in [2.24, 2.45) is 0 Å². The normalized spacial score (nSPS) is 21.4. The Hall–Kier alpha value is -1.14. The fourth-order valence-electron chi connectivity index (χ4n) is 2.90. The first-order valence-corrected chi connectivity index (χ1v) is 8.68. The zero-order chi connectivity index (χ0) is 14.6. The molecular formula is C15H23N5S. The predicted octanol–water partition coefficient (Wildman–Crippen LogP) is 2.37. The number of piperazine rings is 1. The van der Waals surface area contributed by atoms with Crippen LogP contribution in [-0.4, -0.2) is 51.7 Å². The fraction of sp³-hybridized carbons (Fsp3) is 0.733. The van der Waals surface area contributed by atoms with Gasteiger partial charge in [-0.05, 0) is 12.8 Å². The van der Waals surface area contributed by atoms with Crippen LogP contribution < -0.4 is 4.90 Å². The van der Waals surface area contributed by atoms with E-state index in [4.69, 9.17) is 10.1 Å². The summed E-state index contributed by atoms with van der Waals surface area (Å²) in [5.41, 5.74) is 1.20. The van der Waals surface area contributed by atoms with Crippen LogP contribution in [0.2, 0.25) is 0 Å². The van der Waals surface area contributed by atoms with Crippen LogP contribution in [0.4, 0.5) is 5.13 Å². The molecule has 0 bridgehead atoms. The van der Waals surface area contributed by atoms with E-state index in [9.17, 15) is 0 Å². The van der Waals surface area contributed by atoms with E-state index in [1.165, 1.54) is 25.9 Å². The van der Waals surface area contributed by atoms with Crippen LogP contribution in [0.25, 0.3) is 4.96 Å². The van der Waals surface area contributed by atoms with Gasteiger partial charge in [0.15, 0.2) is 0 Å². The van der Waals surface area contributed by atoms with Gasteiger partial charge in [0.05, 0.1) is 11.9 Å². The highest BCUT2D eigenvalue weighted by Gasteiger charge is 2.32. The van der Waals surface area contributed by atoms with E-state index in [-0.39, 0.29) is 5.41 Å². The summed E-state index contributed by atoms with van der Waals surface area (Å²) in [5.74, 6) is 0. The fourth-order valence-corrected chi connectivity index (χ4v) is 3.83. The van der Waals surface area contributed by atoms with E-state index in [1.807, 2.05) is 4.52 Å². The molecule has 21 heavy (non-hydrogen) atoms. The SMILES string of the molecule is CC(C)(C)c1cn2nc(N3CCN(C4CC4)CC3)sc2n1. The third kappa shape index (κ3) is 2.55. The average Bonchev–Trinajstić information content (AvgIpc) is 3.07. The van der Waals surface area contributed by atoms with E-state index >= 15 is 0 Å². The van der Waals surface area contributed by atoms with Crippen LogP contribution in [-0.2, 0) is 5.41 Å². The first-order valence-electron chi connectivity index (χ1n) is 7.86. The second-order valence-electron chi connectivity index (χ2n) is 7.24. The largest absolute Gasteiger partial charge is 0.344 e. The summed E-state index contributed by atoms with van der Waals surface area (Å²) in [6.07, 6.45) is 4.89. The predicted molar refractivity (Wildman–Crippen MR) is 86.4 cm³/mol. The van der Waals surface area contributed by atoms with Crippen LogP contribution in [0.15, 0.2) is 6.20 Å². The van der Waals surface area contributed by atoms with E-state index in [0.29, 0.717) is 0 Å². The minimum Gasteiger partial charge on any atom is -0.344 e. The number of hydrogen-bond donors (Lipinski definition) is 0. The Kier molecular flexibility index (Phi) is 3.01. The summed E-state index contributed by atoms with van der Waals surface area (Å²) in [6.45, 7) is 11.1. The molecule has 6 heteroatoms. The lowest BCUT2D eigenvalue weighted by Crippen LogP contribution is -2.47. The maximum atomic E-state index is 4.74. The van der Waals surface area contributed by atoms with Crippen molar-refractivity contribution < 1.29 is 0 Å². The molecule has 0 aromatic carbocycles. The average molecular weight is 305 g/mol. The lowest BCUT2D eigenvalue weighted by atomic mass is 9.93. The van der Waals surface area contributed by atoms with Gasteiger partial charge in [-0.15, -0.1) is 5.10 Å². The Morgan fingerprint density at radius 3 is 2.43 bits per heavy atom. The molecule has 0 spiro atoms. The second-order valence-corrected chi connectivity index (χ2v) is 8.18. The molecule has 0 atom stereocenters. The molecule has 2 aromatic heterocycles. The monoisotopic (exact) mass is 305 g/mol. The summed E-state index contributed by atoms with van der Waals surface area (Å²) in [6, 6.07) is 0.884. The quantitative estimate of drug-likeness (QED) is 0.853. The van der Waals surface area contributed by atoms with Crippen molar-refractivity contribution in [3.05, 3.63) is 11.9 Å². The number of rotatable bonds is 2. The highest BCUT2D eigenvalue weighted by molar-refractivity contribution is 7.20. The first kappa shape index (κ1) is 13.5. The van der Waals surface area contributed by atoms with Gasteiger partial charge in [0.25, 0.3) is 0 Å². The molecule has 2 aromatic rings. The molecule has 2 fully saturated rings. The molecule has 5 nitrogen and oxygen atoms in total.